The largest absolute Gasteiger partial charge is 0.334 e. The first-order valence-corrected chi connectivity index (χ1v) is 15.2. The van der Waals surface area contributed by atoms with Gasteiger partial charge in [0.2, 0.25) is 0 Å². The van der Waals surface area contributed by atoms with Gasteiger partial charge in [0.05, 0.1) is 17.4 Å². The Morgan fingerprint density at radius 3 is 2.33 bits per heavy atom. The molecular formula is C35H40FN5O2. The van der Waals surface area contributed by atoms with Gasteiger partial charge in [-0.05, 0) is 67.1 Å². The summed E-state index contributed by atoms with van der Waals surface area (Å²) in [6.45, 7) is 8.67. The van der Waals surface area contributed by atoms with Crippen LogP contribution >= 0.6 is 0 Å². The highest BCUT2D eigenvalue weighted by Crippen LogP contribution is 2.29. The summed E-state index contributed by atoms with van der Waals surface area (Å²) in [7, 11) is 0. The normalized spacial score (nSPS) is 15.0. The smallest absolute Gasteiger partial charge is 0.258 e. The quantitative estimate of drug-likeness (QED) is 0.267. The molecule has 0 spiro atoms. The molecule has 1 aliphatic rings. The van der Waals surface area contributed by atoms with Crippen molar-refractivity contribution in [1.29, 1.82) is 0 Å². The van der Waals surface area contributed by atoms with Crippen molar-refractivity contribution in [3.8, 4) is 0 Å². The van der Waals surface area contributed by atoms with E-state index in [1.807, 2.05) is 64.0 Å². The molecule has 0 saturated heterocycles. The molecule has 1 aromatic heterocycles. The molecule has 0 radical (unpaired) electrons. The molecular weight excluding hydrogens is 541 g/mol. The van der Waals surface area contributed by atoms with Gasteiger partial charge in [-0.25, -0.2) is 4.39 Å². The van der Waals surface area contributed by atoms with Gasteiger partial charge in [-0.15, -0.1) is 0 Å². The van der Waals surface area contributed by atoms with E-state index in [-0.39, 0.29) is 17.6 Å². The molecule has 8 heteroatoms. The first kappa shape index (κ1) is 30.2. The Bertz CT molecular complexity index is 1520. The van der Waals surface area contributed by atoms with Gasteiger partial charge in [-0.3, -0.25) is 19.2 Å². The number of carbonyl (C=O) groups excluding carboxylic acids is 2. The summed E-state index contributed by atoms with van der Waals surface area (Å²) in [6, 6.07) is 22.1. The van der Waals surface area contributed by atoms with Crippen LogP contribution < -0.4 is 4.90 Å². The maximum absolute atomic E-state index is 14.0. The zero-order valence-electron chi connectivity index (χ0n) is 25.1. The van der Waals surface area contributed by atoms with Crippen LogP contribution in [0.1, 0.15) is 63.6 Å². The fourth-order valence-corrected chi connectivity index (χ4v) is 5.81. The molecule has 7 nitrogen and oxygen atoms in total. The molecule has 4 aromatic rings. The molecule has 0 fully saturated rings. The van der Waals surface area contributed by atoms with E-state index < -0.39 is 0 Å². The van der Waals surface area contributed by atoms with Crippen molar-refractivity contribution in [3.63, 3.8) is 0 Å². The minimum atomic E-state index is -0.380. The fourth-order valence-electron chi connectivity index (χ4n) is 5.81. The second-order valence-electron chi connectivity index (χ2n) is 11.2. The highest BCUT2D eigenvalue weighted by Gasteiger charge is 2.26. The Morgan fingerprint density at radius 2 is 1.58 bits per heavy atom. The number of benzene rings is 3. The van der Waals surface area contributed by atoms with Gasteiger partial charge in [0.1, 0.15) is 5.82 Å². The molecule has 0 unspecified atom stereocenters. The molecule has 2 amide bonds. The van der Waals surface area contributed by atoms with E-state index in [1.165, 1.54) is 29.8 Å². The third-order valence-corrected chi connectivity index (χ3v) is 7.92. The number of rotatable bonds is 6. The van der Waals surface area contributed by atoms with E-state index in [0.717, 1.165) is 62.3 Å². The van der Waals surface area contributed by atoms with Crippen molar-refractivity contribution in [2.45, 2.75) is 52.7 Å². The number of aromatic nitrogens is 2. The summed E-state index contributed by atoms with van der Waals surface area (Å²) in [5.74, 6) is -0.631. The number of carbonyl (C=O) groups is 2. The Morgan fingerprint density at radius 1 is 0.837 bits per heavy atom. The molecule has 5 rings (SSSR count). The number of para-hydroxylation sites is 1. The lowest BCUT2D eigenvalue weighted by molar-refractivity contribution is 0.0733. The predicted molar refractivity (Wildman–Crippen MR) is 167 cm³/mol. The molecule has 0 aliphatic carbocycles. The fraction of sp³-hybridized carbons (Fsp3) is 0.343. The van der Waals surface area contributed by atoms with Crippen molar-refractivity contribution < 1.29 is 14.0 Å². The van der Waals surface area contributed by atoms with Crippen LogP contribution in [0.4, 0.5) is 10.1 Å². The third-order valence-electron chi connectivity index (χ3n) is 7.92. The van der Waals surface area contributed by atoms with Gasteiger partial charge >= 0.3 is 0 Å². The molecule has 3 aromatic carbocycles. The van der Waals surface area contributed by atoms with E-state index >= 15 is 0 Å². The number of amides is 2. The molecule has 224 valence electrons. The van der Waals surface area contributed by atoms with Gasteiger partial charge in [0.15, 0.2) is 0 Å². The lowest BCUT2D eigenvalue weighted by Crippen LogP contribution is -2.39. The summed E-state index contributed by atoms with van der Waals surface area (Å²) in [6.07, 6.45) is 6.00. The summed E-state index contributed by atoms with van der Waals surface area (Å²) >= 11 is 0. The van der Waals surface area contributed by atoms with Crippen molar-refractivity contribution in [2.24, 2.45) is 0 Å². The standard InChI is InChI=1S/C35H40FN5O2/c1-3-18-40-26-31(23-37-40)34(42)39-21-8-19-38(24-28-11-5-4-6-12-28)20-9-22-41(33-27(2)10-7-13-30(33)25-39)35(43)29-14-16-32(36)17-15-29/h4-7,10-17,23,26H,3,8-9,18-22,24-25H2,1-2H3. The van der Waals surface area contributed by atoms with Crippen molar-refractivity contribution >= 4 is 17.5 Å². The molecule has 0 N–H and O–H groups in total. The third kappa shape index (κ3) is 7.56. The Balaban J connectivity index is 1.51. The van der Waals surface area contributed by atoms with Gasteiger partial charge in [-0.2, -0.15) is 5.10 Å². The van der Waals surface area contributed by atoms with E-state index in [4.69, 9.17) is 0 Å². The van der Waals surface area contributed by atoms with Crippen LogP contribution in [0.25, 0.3) is 0 Å². The molecule has 2 heterocycles. The number of hydrogen-bond donors (Lipinski definition) is 0. The first-order chi connectivity index (χ1) is 20.9. The van der Waals surface area contributed by atoms with Crippen LogP contribution in [-0.2, 0) is 19.6 Å². The van der Waals surface area contributed by atoms with E-state index in [9.17, 15) is 14.0 Å². The lowest BCUT2D eigenvalue weighted by atomic mass is 10.0. The summed E-state index contributed by atoms with van der Waals surface area (Å²) < 4.78 is 15.6. The van der Waals surface area contributed by atoms with Crippen LogP contribution in [0.3, 0.4) is 0 Å². The maximum Gasteiger partial charge on any atom is 0.258 e. The topological polar surface area (TPSA) is 61.7 Å². The van der Waals surface area contributed by atoms with Gasteiger partial charge in [0, 0.05) is 57.6 Å². The van der Waals surface area contributed by atoms with Gasteiger partial charge in [0.25, 0.3) is 11.8 Å². The summed E-state index contributed by atoms with van der Waals surface area (Å²) in [4.78, 5) is 34.0. The minimum absolute atomic E-state index is 0.0714. The van der Waals surface area contributed by atoms with E-state index in [1.54, 1.807) is 6.20 Å². The second kappa shape index (κ2) is 14.2. The number of fused-ring (bicyclic) bond motifs is 1. The van der Waals surface area contributed by atoms with E-state index in [2.05, 4.69) is 29.1 Å². The van der Waals surface area contributed by atoms with Crippen molar-refractivity contribution in [2.75, 3.05) is 31.1 Å². The van der Waals surface area contributed by atoms with Gasteiger partial charge < -0.3 is 9.80 Å². The SMILES string of the molecule is CCCn1cc(C(=O)N2CCCN(Cc3ccccc3)CCCN(C(=O)c3ccc(F)cc3)c3c(C)cccc3C2)cn1. The highest BCUT2D eigenvalue weighted by molar-refractivity contribution is 6.07. The molecule has 43 heavy (non-hydrogen) atoms. The predicted octanol–water partition coefficient (Wildman–Crippen LogP) is 6.33. The highest BCUT2D eigenvalue weighted by atomic mass is 19.1. The van der Waals surface area contributed by atoms with Crippen LogP contribution in [0.2, 0.25) is 0 Å². The molecule has 0 saturated carbocycles. The molecule has 1 aliphatic heterocycles. The zero-order chi connectivity index (χ0) is 30.2. The number of aryl methyl sites for hydroxylation is 2. The Hall–Kier alpha value is -4.30. The van der Waals surface area contributed by atoms with Crippen LogP contribution in [0, 0.1) is 12.7 Å². The monoisotopic (exact) mass is 581 g/mol. The zero-order valence-corrected chi connectivity index (χ0v) is 25.1. The van der Waals surface area contributed by atoms with Crippen molar-refractivity contribution in [1.82, 2.24) is 19.6 Å². The second-order valence-corrected chi connectivity index (χ2v) is 11.2. The van der Waals surface area contributed by atoms with Crippen LogP contribution in [0.15, 0.2) is 85.2 Å². The number of anilines is 1. The van der Waals surface area contributed by atoms with E-state index in [0.29, 0.717) is 30.8 Å². The van der Waals surface area contributed by atoms with Crippen molar-refractivity contribution in [3.05, 3.63) is 119 Å². The Kier molecular flexibility index (Phi) is 10.00. The Labute approximate surface area is 253 Å². The van der Waals surface area contributed by atoms with Crippen LogP contribution in [0.5, 0.6) is 0 Å². The number of hydrogen-bond acceptors (Lipinski definition) is 4. The summed E-state index contributed by atoms with van der Waals surface area (Å²) in [5.41, 5.74) is 4.90. The number of halogens is 1. The average molecular weight is 582 g/mol. The van der Waals surface area contributed by atoms with Gasteiger partial charge in [-0.1, -0.05) is 55.5 Å². The first-order valence-electron chi connectivity index (χ1n) is 15.2. The molecule has 0 atom stereocenters. The number of nitrogens with zero attached hydrogens (tertiary/aromatic N) is 5. The summed E-state index contributed by atoms with van der Waals surface area (Å²) in [5, 5.41) is 4.40. The minimum Gasteiger partial charge on any atom is -0.334 e. The maximum atomic E-state index is 14.0. The lowest BCUT2D eigenvalue weighted by Gasteiger charge is -2.32. The average Bonchev–Trinajstić information content (AvgIpc) is 3.48. The molecule has 0 bridgehead atoms. The van der Waals surface area contributed by atoms with Crippen LogP contribution in [-0.4, -0.2) is 57.6 Å².